The molecule has 0 aliphatic rings. The first-order valence-corrected chi connectivity index (χ1v) is 4.35. The SMILES string of the molecule is CC(=Cc1cc(F)ccc1F)CCl. The van der Waals surface area contributed by atoms with Crippen molar-refractivity contribution < 1.29 is 8.78 Å². The zero-order chi connectivity index (χ0) is 9.84. The molecule has 1 rings (SSSR count). The summed E-state index contributed by atoms with van der Waals surface area (Å²) in [5.74, 6) is -0.573. The first-order chi connectivity index (χ1) is 6.13. The lowest BCUT2D eigenvalue weighted by molar-refractivity contribution is 0.598. The van der Waals surface area contributed by atoms with E-state index in [1.807, 2.05) is 0 Å². The highest BCUT2D eigenvalue weighted by molar-refractivity contribution is 6.19. The van der Waals surface area contributed by atoms with Gasteiger partial charge in [-0.25, -0.2) is 8.78 Å². The monoisotopic (exact) mass is 202 g/mol. The second kappa shape index (κ2) is 4.38. The van der Waals surface area contributed by atoms with Crippen LogP contribution in [-0.2, 0) is 0 Å². The Bertz CT molecular complexity index is 332. The average Bonchev–Trinajstić information content (AvgIpc) is 2.11. The number of hydrogen-bond acceptors (Lipinski definition) is 0. The van der Waals surface area contributed by atoms with E-state index >= 15 is 0 Å². The van der Waals surface area contributed by atoms with E-state index in [1.165, 1.54) is 6.08 Å². The molecule has 0 aliphatic heterocycles. The predicted molar refractivity (Wildman–Crippen MR) is 50.7 cm³/mol. The van der Waals surface area contributed by atoms with Gasteiger partial charge in [-0.05, 0) is 25.1 Å². The van der Waals surface area contributed by atoms with Crippen LogP contribution in [0.1, 0.15) is 12.5 Å². The lowest BCUT2D eigenvalue weighted by Gasteiger charge is -1.98. The van der Waals surface area contributed by atoms with E-state index in [0.29, 0.717) is 5.88 Å². The van der Waals surface area contributed by atoms with E-state index in [2.05, 4.69) is 0 Å². The van der Waals surface area contributed by atoms with Crippen LogP contribution in [-0.4, -0.2) is 5.88 Å². The molecule has 1 aromatic rings. The molecule has 70 valence electrons. The fourth-order valence-electron chi connectivity index (χ4n) is 0.929. The van der Waals surface area contributed by atoms with Gasteiger partial charge in [0.25, 0.3) is 0 Å². The van der Waals surface area contributed by atoms with Crippen LogP contribution in [0.5, 0.6) is 0 Å². The molecule has 3 heteroatoms. The van der Waals surface area contributed by atoms with Crippen LogP contribution >= 0.6 is 11.6 Å². The lowest BCUT2D eigenvalue weighted by Crippen LogP contribution is -1.86. The van der Waals surface area contributed by atoms with Gasteiger partial charge in [0, 0.05) is 11.4 Å². The second-order valence-corrected chi connectivity index (χ2v) is 3.06. The maximum absolute atomic E-state index is 13.0. The Hall–Kier alpha value is -0.890. The van der Waals surface area contributed by atoms with Crippen molar-refractivity contribution in [2.75, 3.05) is 5.88 Å². The number of halogens is 3. The van der Waals surface area contributed by atoms with Gasteiger partial charge in [-0.3, -0.25) is 0 Å². The molecule has 0 fully saturated rings. The highest BCUT2D eigenvalue weighted by atomic mass is 35.5. The summed E-state index contributed by atoms with van der Waals surface area (Å²) in [4.78, 5) is 0. The summed E-state index contributed by atoms with van der Waals surface area (Å²) >= 11 is 5.51. The third kappa shape index (κ3) is 2.81. The van der Waals surface area contributed by atoms with Gasteiger partial charge in [-0.2, -0.15) is 0 Å². The van der Waals surface area contributed by atoms with Crippen molar-refractivity contribution in [1.29, 1.82) is 0 Å². The molecule has 1 aromatic carbocycles. The molecule has 0 atom stereocenters. The summed E-state index contributed by atoms with van der Waals surface area (Å²) in [5, 5.41) is 0. The Balaban J connectivity index is 3.07. The highest BCUT2D eigenvalue weighted by Gasteiger charge is 2.00. The molecule has 0 amide bonds. The lowest BCUT2D eigenvalue weighted by atomic mass is 10.1. The van der Waals surface area contributed by atoms with Gasteiger partial charge in [0.2, 0.25) is 0 Å². The van der Waals surface area contributed by atoms with Gasteiger partial charge in [0.05, 0.1) is 0 Å². The van der Waals surface area contributed by atoms with E-state index in [0.717, 1.165) is 23.8 Å². The zero-order valence-corrected chi connectivity index (χ0v) is 7.91. The van der Waals surface area contributed by atoms with Gasteiger partial charge < -0.3 is 0 Å². The minimum absolute atomic E-state index is 0.234. The number of benzene rings is 1. The van der Waals surface area contributed by atoms with Crippen molar-refractivity contribution in [3.8, 4) is 0 Å². The summed E-state index contributed by atoms with van der Waals surface area (Å²) in [6, 6.07) is 3.33. The van der Waals surface area contributed by atoms with Gasteiger partial charge in [-0.1, -0.05) is 11.6 Å². The standard InChI is InChI=1S/C10H9ClF2/c1-7(6-11)4-8-5-9(12)2-3-10(8)13/h2-5H,6H2,1H3. The zero-order valence-electron chi connectivity index (χ0n) is 7.15. The van der Waals surface area contributed by atoms with Crippen LogP contribution in [0, 0.1) is 11.6 Å². The van der Waals surface area contributed by atoms with Crippen molar-refractivity contribution in [2.45, 2.75) is 6.92 Å². The minimum Gasteiger partial charge on any atom is -0.207 e. The van der Waals surface area contributed by atoms with Crippen LogP contribution < -0.4 is 0 Å². The second-order valence-electron chi connectivity index (χ2n) is 2.79. The predicted octanol–water partition coefficient (Wildman–Crippen LogP) is 3.61. The molecule has 0 saturated carbocycles. The number of alkyl halides is 1. The van der Waals surface area contributed by atoms with Crippen molar-refractivity contribution >= 4 is 17.7 Å². The Morgan fingerprint density at radius 1 is 1.46 bits per heavy atom. The van der Waals surface area contributed by atoms with Gasteiger partial charge in [0.15, 0.2) is 0 Å². The van der Waals surface area contributed by atoms with Crippen LogP contribution in [0.4, 0.5) is 8.78 Å². The quantitative estimate of drug-likeness (QED) is 0.643. The maximum Gasteiger partial charge on any atom is 0.130 e. The van der Waals surface area contributed by atoms with E-state index in [4.69, 9.17) is 11.6 Å². The normalized spacial score (nSPS) is 11.8. The molecule has 0 bridgehead atoms. The third-order valence-corrected chi connectivity index (χ3v) is 1.99. The molecule has 0 aromatic heterocycles. The third-order valence-electron chi connectivity index (χ3n) is 1.57. The van der Waals surface area contributed by atoms with Crippen LogP contribution in [0.25, 0.3) is 6.08 Å². The van der Waals surface area contributed by atoms with E-state index < -0.39 is 11.6 Å². The topological polar surface area (TPSA) is 0 Å². The average molecular weight is 203 g/mol. The van der Waals surface area contributed by atoms with E-state index in [9.17, 15) is 8.78 Å². The fraction of sp³-hybridized carbons (Fsp3) is 0.200. The molecule has 13 heavy (non-hydrogen) atoms. The summed E-state index contributed by atoms with van der Waals surface area (Å²) < 4.78 is 25.7. The molecular weight excluding hydrogens is 194 g/mol. The highest BCUT2D eigenvalue weighted by Crippen LogP contribution is 2.13. The molecule has 0 N–H and O–H groups in total. The van der Waals surface area contributed by atoms with Crippen LogP contribution in [0.2, 0.25) is 0 Å². The van der Waals surface area contributed by atoms with Crippen molar-refractivity contribution in [3.05, 3.63) is 41.0 Å². The van der Waals surface area contributed by atoms with Crippen molar-refractivity contribution in [3.63, 3.8) is 0 Å². The Labute approximate surface area is 80.8 Å². The molecule has 0 radical (unpaired) electrons. The molecular formula is C10H9ClF2. The number of hydrogen-bond donors (Lipinski definition) is 0. The van der Waals surface area contributed by atoms with E-state index in [1.54, 1.807) is 6.92 Å². The molecule has 0 nitrogen and oxygen atoms in total. The smallest absolute Gasteiger partial charge is 0.130 e. The van der Waals surface area contributed by atoms with Gasteiger partial charge >= 0.3 is 0 Å². The van der Waals surface area contributed by atoms with Crippen LogP contribution in [0.3, 0.4) is 0 Å². The summed E-state index contributed by atoms with van der Waals surface area (Å²) in [7, 11) is 0. The summed E-state index contributed by atoms with van der Waals surface area (Å²) in [6.45, 7) is 1.76. The van der Waals surface area contributed by atoms with Crippen molar-refractivity contribution in [1.82, 2.24) is 0 Å². The summed E-state index contributed by atoms with van der Waals surface area (Å²) in [5.41, 5.74) is 1.03. The number of allylic oxidation sites excluding steroid dienone is 1. The van der Waals surface area contributed by atoms with Gasteiger partial charge in [0.1, 0.15) is 11.6 Å². The van der Waals surface area contributed by atoms with Crippen molar-refractivity contribution in [2.24, 2.45) is 0 Å². The number of rotatable bonds is 2. The fourth-order valence-corrected chi connectivity index (χ4v) is 1.01. The largest absolute Gasteiger partial charge is 0.207 e. The first-order valence-electron chi connectivity index (χ1n) is 3.81. The molecule has 0 spiro atoms. The van der Waals surface area contributed by atoms with Crippen LogP contribution in [0.15, 0.2) is 23.8 Å². The van der Waals surface area contributed by atoms with E-state index in [-0.39, 0.29) is 5.56 Å². The Morgan fingerprint density at radius 2 is 2.15 bits per heavy atom. The van der Waals surface area contributed by atoms with Gasteiger partial charge in [-0.15, -0.1) is 11.6 Å². The molecule has 0 aliphatic carbocycles. The molecule has 0 heterocycles. The molecule has 0 unspecified atom stereocenters. The Morgan fingerprint density at radius 3 is 2.77 bits per heavy atom. The molecule has 0 saturated heterocycles. The Kier molecular flexibility index (Phi) is 3.43. The maximum atomic E-state index is 13.0. The minimum atomic E-state index is -0.449. The first kappa shape index (κ1) is 10.2. The summed E-state index contributed by atoms with van der Waals surface area (Å²) in [6.07, 6.45) is 1.53.